The molecule has 0 aliphatic carbocycles. The molecule has 2 heterocycles. The summed E-state index contributed by atoms with van der Waals surface area (Å²) in [6.45, 7) is 15.2. The van der Waals surface area contributed by atoms with Gasteiger partial charge in [0.2, 0.25) is 0 Å². The first-order chi connectivity index (χ1) is 9.84. The van der Waals surface area contributed by atoms with Crippen LogP contribution in [0.4, 0.5) is 5.82 Å². The minimum atomic E-state index is -0.417. The average molecular weight is 280 g/mol. The Bertz CT molecular complexity index is 734. The summed E-state index contributed by atoms with van der Waals surface area (Å²) in [6, 6.07) is 7.71. The van der Waals surface area contributed by atoms with Crippen LogP contribution in [0, 0.1) is 6.57 Å². The second kappa shape index (κ2) is 4.55. The molecule has 0 atom stereocenters. The molecular formula is C16H17BN2O2. The highest BCUT2D eigenvalue weighted by Gasteiger charge is 2.52. The van der Waals surface area contributed by atoms with E-state index >= 15 is 0 Å². The zero-order valence-electron chi connectivity index (χ0n) is 12.7. The van der Waals surface area contributed by atoms with Gasteiger partial charge in [-0.2, -0.15) is 0 Å². The Morgan fingerprint density at radius 1 is 1.14 bits per heavy atom. The Balaban J connectivity index is 2.09. The first kappa shape index (κ1) is 14.1. The molecule has 4 nitrogen and oxygen atoms in total. The summed E-state index contributed by atoms with van der Waals surface area (Å²) in [5, 5.41) is 1.94. The maximum absolute atomic E-state index is 7.06. The third-order valence-electron chi connectivity index (χ3n) is 4.41. The fraction of sp³-hybridized carbons (Fsp3) is 0.375. The van der Waals surface area contributed by atoms with Crippen molar-refractivity contribution in [2.75, 3.05) is 0 Å². The Morgan fingerprint density at radius 2 is 1.81 bits per heavy atom. The summed E-state index contributed by atoms with van der Waals surface area (Å²) in [5.74, 6) is 0.397. The van der Waals surface area contributed by atoms with E-state index in [0.29, 0.717) is 5.82 Å². The van der Waals surface area contributed by atoms with Gasteiger partial charge in [0.1, 0.15) is 6.20 Å². The molecule has 1 fully saturated rings. The van der Waals surface area contributed by atoms with Crippen LogP contribution in [0.2, 0.25) is 0 Å². The van der Waals surface area contributed by atoms with Gasteiger partial charge in [0.05, 0.1) is 11.2 Å². The number of aromatic nitrogens is 1. The van der Waals surface area contributed by atoms with Crippen molar-refractivity contribution in [1.29, 1.82) is 0 Å². The Labute approximate surface area is 125 Å². The summed E-state index contributed by atoms with van der Waals surface area (Å²) in [4.78, 5) is 7.54. The molecular weight excluding hydrogens is 263 g/mol. The molecule has 0 spiro atoms. The van der Waals surface area contributed by atoms with Crippen molar-refractivity contribution in [3.05, 3.63) is 41.9 Å². The average Bonchev–Trinajstić information content (AvgIpc) is 2.66. The van der Waals surface area contributed by atoms with Crippen molar-refractivity contribution in [1.82, 2.24) is 4.98 Å². The smallest absolute Gasteiger partial charge is 0.399 e. The van der Waals surface area contributed by atoms with Gasteiger partial charge in [-0.3, -0.25) is 0 Å². The van der Waals surface area contributed by atoms with Crippen LogP contribution in [0.15, 0.2) is 30.5 Å². The summed E-state index contributed by atoms with van der Waals surface area (Å²) in [7, 11) is -0.417. The first-order valence-corrected chi connectivity index (χ1v) is 6.96. The summed E-state index contributed by atoms with van der Waals surface area (Å²) in [5.41, 5.74) is 0.211. The van der Waals surface area contributed by atoms with Crippen LogP contribution >= 0.6 is 0 Å². The molecule has 1 aliphatic rings. The first-order valence-electron chi connectivity index (χ1n) is 6.96. The number of hydrogen-bond acceptors (Lipinski definition) is 3. The number of pyridine rings is 1. The van der Waals surface area contributed by atoms with E-state index in [9.17, 15) is 0 Å². The van der Waals surface area contributed by atoms with Crippen molar-refractivity contribution < 1.29 is 9.31 Å². The fourth-order valence-corrected chi connectivity index (χ4v) is 2.42. The molecule has 5 heteroatoms. The van der Waals surface area contributed by atoms with Gasteiger partial charge in [-0.25, -0.2) is 0 Å². The number of rotatable bonds is 1. The summed E-state index contributed by atoms with van der Waals surface area (Å²) < 4.78 is 12.2. The molecule has 2 aromatic rings. The van der Waals surface area contributed by atoms with E-state index in [1.165, 1.54) is 0 Å². The van der Waals surface area contributed by atoms with Gasteiger partial charge < -0.3 is 14.2 Å². The third-order valence-corrected chi connectivity index (χ3v) is 4.41. The van der Waals surface area contributed by atoms with Gasteiger partial charge in [-0.15, -0.1) is 4.98 Å². The van der Waals surface area contributed by atoms with Crippen LogP contribution < -0.4 is 5.46 Å². The lowest BCUT2D eigenvalue weighted by Crippen LogP contribution is -2.41. The largest absolute Gasteiger partial charge is 0.495 e. The molecule has 0 saturated carbocycles. The molecule has 0 N–H and O–H groups in total. The van der Waals surface area contributed by atoms with Gasteiger partial charge >= 0.3 is 7.12 Å². The van der Waals surface area contributed by atoms with Gasteiger partial charge in [0.25, 0.3) is 5.82 Å². The predicted octanol–water partition coefficient (Wildman–Crippen LogP) is 3.08. The van der Waals surface area contributed by atoms with Crippen LogP contribution in [0.25, 0.3) is 15.6 Å². The van der Waals surface area contributed by atoms with E-state index in [-0.39, 0.29) is 11.2 Å². The maximum Gasteiger partial charge on any atom is 0.495 e. The molecule has 21 heavy (non-hydrogen) atoms. The summed E-state index contributed by atoms with van der Waals surface area (Å²) >= 11 is 0. The highest BCUT2D eigenvalue weighted by molar-refractivity contribution is 6.65. The van der Waals surface area contributed by atoms with Crippen LogP contribution in [-0.2, 0) is 9.31 Å². The second-order valence-corrected chi connectivity index (χ2v) is 6.31. The van der Waals surface area contributed by atoms with Crippen molar-refractivity contribution in [2.24, 2.45) is 0 Å². The zero-order chi connectivity index (χ0) is 15.3. The van der Waals surface area contributed by atoms with Crippen molar-refractivity contribution in [3.63, 3.8) is 0 Å². The monoisotopic (exact) mass is 280 g/mol. The summed E-state index contributed by atoms with van der Waals surface area (Å²) in [6.07, 6.45) is 1.73. The van der Waals surface area contributed by atoms with Crippen LogP contribution in [0.5, 0.6) is 0 Å². The number of hydrogen-bond donors (Lipinski definition) is 0. The number of fused-ring (bicyclic) bond motifs is 1. The van der Waals surface area contributed by atoms with E-state index in [0.717, 1.165) is 16.2 Å². The van der Waals surface area contributed by atoms with Crippen molar-refractivity contribution in [3.8, 4) is 0 Å². The normalized spacial score (nSPS) is 19.7. The highest BCUT2D eigenvalue weighted by Crippen LogP contribution is 2.37. The van der Waals surface area contributed by atoms with E-state index < -0.39 is 7.12 Å². The lowest BCUT2D eigenvalue weighted by molar-refractivity contribution is 0.00578. The van der Waals surface area contributed by atoms with E-state index in [2.05, 4.69) is 9.83 Å². The molecule has 106 valence electrons. The lowest BCUT2D eigenvalue weighted by atomic mass is 9.76. The Hall–Kier alpha value is -1.90. The lowest BCUT2D eigenvalue weighted by Gasteiger charge is -2.32. The molecule has 0 amide bonds. The third kappa shape index (κ3) is 2.21. The minimum absolute atomic E-state index is 0.371. The minimum Gasteiger partial charge on any atom is -0.399 e. The van der Waals surface area contributed by atoms with Gasteiger partial charge in [0.15, 0.2) is 0 Å². The van der Waals surface area contributed by atoms with Crippen LogP contribution in [0.3, 0.4) is 0 Å². The molecule has 3 rings (SSSR count). The van der Waals surface area contributed by atoms with Crippen molar-refractivity contribution >= 4 is 29.2 Å². The predicted molar refractivity (Wildman–Crippen MR) is 83.7 cm³/mol. The number of benzene rings is 1. The highest BCUT2D eigenvalue weighted by atomic mass is 16.7. The number of nitrogens with zero attached hydrogens (tertiary/aromatic N) is 2. The Morgan fingerprint density at radius 3 is 2.43 bits per heavy atom. The molecule has 1 aromatic heterocycles. The van der Waals surface area contributed by atoms with Gasteiger partial charge in [-0.1, -0.05) is 24.8 Å². The molecule has 1 saturated heterocycles. The molecule has 0 bridgehead atoms. The SMILES string of the molecule is [C-]#[N+]c1cc2cccc(B3OC(C)(C)C(C)(C)O3)c2cn1. The standard InChI is InChI=1S/C16H17BN2O2/c1-15(2)16(3,4)21-17(20-15)13-8-6-7-11-9-14(18-5)19-10-12(11)13/h6-10H,1-4H3. The zero-order valence-corrected chi connectivity index (χ0v) is 12.7. The fourth-order valence-electron chi connectivity index (χ4n) is 2.42. The van der Waals surface area contributed by atoms with E-state index in [1.807, 2.05) is 45.9 Å². The van der Waals surface area contributed by atoms with Crippen LogP contribution in [-0.4, -0.2) is 23.3 Å². The molecule has 1 aromatic carbocycles. The van der Waals surface area contributed by atoms with Gasteiger partial charge in [0, 0.05) is 5.39 Å². The van der Waals surface area contributed by atoms with Crippen LogP contribution in [0.1, 0.15) is 27.7 Å². The second-order valence-electron chi connectivity index (χ2n) is 6.31. The molecule has 0 radical (unpaired) electrons. The topological polar surface area (TPSA) is 35.7 Å². The van der Waals surface area contributed by atoms with Crippen molar-refractivity contribution in [2.45, 2.75) is 38.9 Å². The quantitative estimate of drug-likeness (QED) is 0.595. The molecule has 0 unspecified atom stereocenters. The Kier molecular flexibility index (Phi) is 3.05. The van der Waals surface area contributed by atoms with E-state index in [1.54, 1.807) is 12.3 Å². The van der Waals surface area contributed by atoms with Gasteiger partial charge in [-0.05, 0) is 44.6 Å². The van der Waals surface area contributed by atoms with E-state index in [4.69, 9.17) is 15.9 Å². The maximum atomic E-state index is 7.06. The molecule has 1 aliphatic heterocycles.